The second kappa shape index (κ2) is 9.96. The molecule has 0 spiro atoms. The summed E-state index contributed by atoms with van der Waals surface area (Å²) in [4.78, 5) is 0. The Morgan fingerprint density at radius 3 is 2.20 bits per heavy atom. The zero-order valence-corrected chi connectivity index (χ0v) is 6.56. The van der Waals surface area contributed by atoms with Crippen LogP contribution in [0.5, 0.6) is 0 Å². The monoisotopic (exact) mass is 154 g/mol. The van der Waals surface area contributed by atoms with E-state index in [9.17, 15) is 0 Å². The van der Waals surface area contributed by atoms with Gasteiger partial charge in [0.05, 0.1) is 6.10 Å². The SMILES string of the molecule is CCCCCCC(C)O.[NaH]. The van der Waals surface area contributed by atoms with Crippen molar-refractivity contribution >= 4 is 29.6 Å². The molecule has 0 amide bonds. The van der Waals surface area contributed by atoms with Gasteiger partial charge in [0.15, 0.2) is 0 Å². The first-order chi connectivity index (χ1) is 4.27. The molecule has 0 aliphatic carbocycles. The average Bonchev–Trinajstić information content (AvgIpc) is 1.80. The van der Waals surface area contributed by atoms with E-state index < -0.39 is 0 Å². The van der Waals surface area contributed by atoms with Gasteiger partial charge in [0.2, 0.25) is 0 Å². The van der Waals surface area contributed by atoms with Gasteiger partial charge < -0.3 is 5.11 Å². The van der Waals surface area contributed by atoms with Crippen LogP contribution >= 0.6 is 0 Å². The van der Waals surface area contributed by atoms with Crippen molar-refractivity contribution < 1.29 is 5.11 Å². The first kappa shape index (κ1) is 13.5. The van der Waals surface area contributed by atoms with Gasteiger partial charge >= 0.3 is 29.6 Å². The number of hydrogen-bond donors (Lipinski definition) is 1. The first-order valence-corrected chi connectivity index (χ1v) is 3.95. The molecule has 0 bridgehead atoms. The maximum absolute atomic E-state index is 8.85. The van der Waals surface area contributed by atoms with Crippen molar-refractivity contribution in [1.82, 2.24) is 0 Å². The molecule has 0 aromatic rings. The quantitative estimate of drug-likeness (QED) is 0.472. The minimum absolute atomic E-state index is 0. The summed E-state index contributed by atoms with van der Waals surface area (Å²) in [6.07, 6.45) is 5.93. The van der Waals surface area contributed by atoms with Crippen LogP contribution in [0.3, 0.4) is 0 Å². The van der Waals surface area contributed by atoms with Crippen LogP contribution in [0.15, 0.2) is 0 Å². The first-order valence-electron chi connectivity index (χ1n) is 3.95. The van der Waals surface area contributed by atoms with Gasteiger partial charge in [0.25, 0.3) is 0 Å². The van der Waals surface area contributed by atoms with Gasteiger partial charge in [-0.05, 0) is 13.3 Å². The third-order valence-corrected chi connectivity index (χ3v) is 1.48. The Morgan fingerprint density at radius 1 is 1.20 bits per heavy atom. The number of aliphatic hydroxyl groups is 1. The number of unbranched alkanes of at least 4 members (excludes halogenated alkanes) is 3. The molecule has 0 rings (SSSR count). The molecule has 0 aliphatic heterocycles. The Kier molecular flexibility index (Phi) is 13.5. The standard InChI is InChI=1S/C8H18O.Na.H/c1-3-4-5-6-7-8(2)9;;/h8-9H,3-7H2,1-2H3;;. The molecule has 1 N–H and O–H groups in total. The number of rotatable bonds is 5. The summed E-state index contributed by atoms with van der Waals surface area (Å²) in [5.41, 5.74) is 0. The molecule has 1 unspecified atom stereocenters. The van der Waals surface area contributed by atoms with Crippen LogP contribution in [-0.4, -0.2) is 40.8 Å². The molecule has 0 aliphatic rings. The van der Waals surface area contributed by atoms with Crippen LogP contribution < -0.4 is 0 Å². The van der Waals surface area contributed by atoms with E-state index in [1.54, 1.807) is 0 Å². The summed E-state index contributed by atoms with van der Waals surface area (Å²) in [5, 5.41) is 8.85. The van der Waals surface area contributed by atoms with Gasteiger partial charge in [-0.3, -0.25) is 0 Å². The second-order valence-corrected chi connectivity index (χ2v) is 2.70. The van der Waals surface area contributed by atoms with Crippen LogP contribution in [0.4, 0.5) is 0 Å². The summed E-state index contributed by atoms with van der Waals surface area (Å²) in [7, 11) is 0. The summed E-state index contributed by atoms with van der Waals surface area (Å²) in [5.74, 6) is 0. The zero-order chi connectivity index (χ0) is 7.11. The Balaban J connectivity index is 0. The molecule has 10 heavy (non-hydrogen) atoms. The van der Waals surface area contributed by atoms with Crippen molar-refractivity contribution in [2.45, 2.75) is 52.1 Å². The number of hydrogen-bond acceptors (Lipinski definition) is 1. The Morgan fingerprint density at radius 2 is 1.80 bits per heavy atom. The van der Waals surface area contributed by atoms with Crippen molar-refractivity contribution in [1.29, 1.82) is 0 Å². The predicted molar refractivity (Wildman–Crippen MR) is 47.6 cm³/mol. The summed E-state index contributed by atoms with van der Waals surface area (Å²) < 4.78 is 0. The van der Waals surface area contributed by atoms with E-state index in [4.69, 9.17) is 5.11 Å². The molecule has 0 saturated heterocycles. The van der Waals surface area contributed by atoms with Crippen LogP contribution in [-0.2, 0) is 0 Å². The van der Waals surface area contributed by atoms with Gasteiger partial charge in [-0.2, -0.15) is 0 Å². The Bertz CT molecular complexity index is 55.2. The van der Waals surface area contributed by atoms with E-state index in [2.05, 4.69) is 6.92 Å². The molecule has 0 fully saturated rings. The van der Waals surface area contributed by atoms with E-state index >= 15 is 0 Å². The van der Waals surface area contributed by atoms with Crippen LogP contribution in [0.1, 0.15) is 46.0 Å². The minimum atomic E-state index is -0.0955. The summed E-state index contributed by atoms with van der Waals surface area (Å²) in [6, 6.07) is 0. The molecule has 0 saturated carbocycles. The molecule has 1 atom stereocenters. The molecule has 0 heterocycles. The summed E-state index contributed by atoms with van der Waals surface area (Å²) in [6.45, 7) is 4.05. The molecule has 0 aromatic heterocycles. The molecule has 2 heteroatoms. The third kappa shape index (κ3) is 11.7. The van der Waals surface area contributed by atoms with Crippen LogP contribution in [0.2, 0.25) is 0 Å². The van der Waals surface area contributed by atoms with E-state index in [1.165, 1.54) is 25.7 Å². The van der Waals surface area contributed by atoms with E-state index in [0.717, 1.165) is 6.42 Å². The van der Waals surface area contributed by atoms with Gasteiger partial charge in [0.1, 0.15) is 0 Å². The third-order valence-electron chi connectivity index (χ3n) is 1.48. The Labute approximate surface area is 86.5 Å². The van der Waals surface area contributed by atoms with Crippen molar-refractivity contribution in [3.8, 4) is 0 Å². The molecule has 1 nitrogen and oxygen atoms in total. The van der Waals surface area contributed by atoms with Crippen LogP contribution in [0.25, 0.3) is 0 Å². The number of aliphatic hydroxyl groups excluding tert-OH is 1. The van der Waals surface area contributed by atoms with Gasteiger partial charge in [-0.15, -0.1) is 0 Å². The fourth-order valence-electron chi connectivity index (χ4n) is 0.867. The predicted octanol–water partition coefficient (Wildman–Crippen LogP) is 1.69. The van der Waals surface area contributed by atoms with Gasteiger partial charge in [0, 0.05) is 0 Å². The average molecular weight is 154 g/mol. The fraction of sp³-hybridized carbons (Fsp3) is 1.00. The molecule has 58 valence electrons. The molecule has 0 radical (unpaired) electrons. The molecular formula is C8H19NaO. The van der Waals surface area contributed by atoms with Crippen molar-refractivity contribution in [3.05, 3.63) is 0 Å². The fourth-order valence-corrected chi connectivity index (χ4v) is 0.867. The molecular weight excluding hydrogens is 135 g/mol. The topological polar surface area (TPSA) is 20.2 Å². The van der Waals surface area contributed by atoms with E-state index in [0.29, 0.717) is 0 Å². The van der Waals surface area contributed by atoms with E-state index in [1.807, 2.05) is 6.92 Å². The van der Waals surface area contributed by atoms with Crippen molar-refractivity contribution in [3.63, 3.8) is 0 Å². The summed E-state index contributed by atoms with van der Waals surface area (Å²) >= 11 is 0. The zero-order valence-electron chi connectivity index (χ0n) is 6.56. The normalized spacial score (nSPS) is 12.3. The van der Waals surface area contributed by atoms with Gasteiger partial charge in [-0.25, -0.2) is 0 Å². The molecule has 0 aromatic carbocycles. The van der Waals surface area contributed by atoms with Crippen molar-refractivity contribution in [2.75, 3.05) is 0 Å². The van der Waals surface area contributed by atoms with Crippen LogP contribution in [0, 0.1) is 0 Å². The van der Waals surface area contributed by atoms with E-state index in [-0.39, 0.29) is 35.7 Å². The van der Waals surface area contributed by atoms with Gasteiger partial charge in [-0.1, -0.05) is 32.6 Å². The Hall–Kier alpha value is 0.960. The maximum atomic E-state index is 8.85. The van der Waals surface area contributed by atoms with Crippen molar-refractivity contribution in [2.24, 2.45) is 0 Å². The second-order valence-electron chi connectivity index (χ2n) is 2.70.